The number of rotatable bonds is 51. The van der Waals surface area contributed by atoms with Crippen LogP contribution < -0.4 is 0 Å². The lowest BCUT2D eigenvalue weighted by Gasteiger charge is -2.18. The molecule has 0 aliphatic heterocycles. The Kier molecular flexibility index (Phi) is 51.8. The van der Waals surface area contributed by atoms with Gasteiger partial charge in [-0.1, -0.05) is 262 Å². The molecule has 0 aromatic heterocycles. The molecule has 378 valence electrons. The molecule has 6 heteroatoms. The summed E-state index contributed by atoms with van der Waals surface area (Å²) in [5.74, 6) is -0.868. The van der Waals surface area contributed by atoms with Gasteiger partial charge in [-0.05, 0) is 57.8 Å². The van der Waals surface area contributed by atoms with Crippen molar-refractivity contribution in [3.05, 3.63) is 48.6 Å². The molecule has 0 rings (SSSR count). The zero-order chi connectivity index (χ0) is 47.2. The van der Waals surface area contributed by atoms with E-state index in [0.717, 1.165) is 83.5 Å². The summed E-state index contributed by atoms with van der Waals surface area (Å²) >= 11 is 0. The molecule has 0 amide bonds. The highest BCUT2D eigenvalue weighted by atomic mass is 16.6. The molecule has 1 atom stereocenters. The van der Waals surface area contributed by atoms with E-state index >= 15 is 0 Å². The van der Waals surface area contributed by atoms with E-state index in [1.165, 1.54) is 167 Å². The fourth-order valence-electron chi connectivity index (χ4n) is 8.14. The highest BCUT2D eigenvalue weighted by Gasteiger charge is 2.19. The third-order valence-electron chi connectivity index (χ3n) is 12.3. The predicted molar refractivity (Wildman–Crippen MR) is 279 cm³/mol. The Morgan fingerprint density at radius 1 is 0.323 bits per heavy atom. The first-order valence-corrected chi connectivity index (χ1v) is 28.1. The molecule has 0 fully saturated rings. The van der Waals surface area contributed by atoms with E-state index in [1.807, 2.05) is 0 Å². The fourth-order valence-corrected chi connectivity index (χ4v) is 8.14. The van der Waals surface area contributed by atoms with E-state index in [1.54, 1.807) is 0 Å². The summed E-state index contributed by atoms with van der Waals surface area (Å²) in [5, 5.41) is 0. The van der Waals surface area contributed by atoms with Crippen LogP contribution in [0.25, 0.3) is 0 Å². The van der Waals surface area contributed by atoms with Gasteiger partial charge in [0.05, 0.1) is 0 Å². The van der Waals surface area contributed by atoms with Crippen molar-refractivity contribution >= 4 is 17.9 Å². The first-order chi connectivity index (χ1) is 32.0. The molecule has 0 radical (unpaired) electrons. The van der Waals surface area contributed by atoms with Crippen LogP contribution in [-0.4, -0.2) is 37.2 Å². The molecule has 1 unspecified atom stereocenters. The van der Waals surface area contributed by atoms with Crippen molar-refractivity contribution in [2.24, 2.45) is 0 Å². The van der Waals surface area contributed by atoms with Gasteiger partial charge in [0.1, 0.15) is 13.2 Å². The first-order valence-electron chi connectivity index (χ1n) is 28.1. The summed E-state index contributed by atoms with van der Waals surface area (Å²) in [6, 6.07) is 0. The monoisotopic (exact) mass is 911 g/mol. The Bertz CT molecular complexity index is 1140. The third kappa shape index (κ3) is 52.2. The molecular weight excluding hydrogens is 805 g/mol. The van der Waals surface area contributed by atoms with Gasteiger partial charge in [-0.3, -0.25) is 14.4 Å². The van der Waals surface area contributed by atoms with Crippen LogP contribution in [0.1, 0.15) is 290 Å². The number of ether oxygens (including phenoxy) is 3. The van der Waals surface area contributed by atoms with Crippen molar-refractivity contribution in [1.82, 2.24) is 0 Å². The maximum absolute atomic E-state index is 12.7. The van der Waals surface area contributed by atoms with E-state index in [2.05, 4.69) is 69.4 Å². The molecule has 0 spiro atoms. The summed E-state index contributed by atoms with van der Waals surface area (Å²) < 4.78 is 16.7. The smallest absolute Gasteiger partial charge is 0.306 e. The molecule has 6 nitrogen and oxygen atoms in total. The molecule has 0 saturated carbocycles. The van der Waals surface area contributed by atoms with Crippen molar-refractivity contribution in [2.75, 3.05) is 13.2 Å². The number of hydrogen-bond acceptors (Lipinski definition) is 6. The molecule has 65 heavy (non-hydrogen) atoms. The lowest BCUT2D eigenvalue weighted by molar-refractivity contribution is -0.167. The number of allylic oxidation sites excluding steroid dienone is 8. The van der Waals surface area contributed by atoms with E-state index in [9.17, 15) is 14.4 Å². The van der Waals surface area contributed by atoms with Gasteiger partial charge in [-0.2, -0.15) is 0 Å². The number of hydrogen-bond donors (Lipinski definition) is 0. The first kappa shape index (κ1) is 62.4. The Morgan fingerprint density at radius 3 is 0.938 bits per heavy atom. The molecule has 0 saturated heterocycles. The Hall–Kier alpha value is -2.63. The minimum Gasteiger partial charge on any atom is -0.462 e. The van der Waals surface area contributed by atoms with Crippen molar-refractivity contribution in [3.63, 3.8) is 0 Å². The lowest BCUT2D eigenvalue weighted by Crippen LogP contribution is -2.30. The van der Waals surface area contributed by atoms with Gasteiger partial charge in [0.15, 0.2) is 6.10 Å². The summed E-state index contributed by atoms with van der Waals surface area (Å²) in [4.78, 5) is 37.7. The fraction of sp³-hybridized carbons (Fsp3) is 0.814. The molecule has 0 aliphatic rings. The molecule has 0 bridgehead atoms. The topological polar surface area (TPSA) is 78.9 Å². The number of unbranched alkanes of at least 4 members (excludes halogenated alkanes) is 32. The summed E-state index contributed by atoms with van der Waals surface area (Å²) in [5.41, 5.74) is 0. The zero-order valence-corrected chi connectivity index (χ0v) is 43.3. The second-order valence-electron chi connectivity index (χ2n) is 18.8. The molecule has 0 aliphatic carbocycles. The second kappa shape index (κ2) is 54.0. The lowest BCUT2D eigenvalue weighted by atomic mass is 10.0. The van der Waals surface area contributed by atoms with Gasteiger partial charge in [0.2, 0.25) is 0 Å². The van der Waals surface area contributed by atoms with E-state index in [-0.39, 0.29) is 31.1 Å². The minimum atomic E-state index is -0.763. The average molecular weight is 911 g/mol. The summed E-state index contributed by atoms with van der Waals surface area (Å²) in [7, 11) is 0. The third-order valence-corrected chi connectivity index (χ3v) is 12.3. The van der Waals surface area contributed by atoms with Gasteiger partial charge >= 0.3 is 17.9 Å². The summed E-state index contributed by atoms with van der Waals surface area (Å²) in [6.45, 7) is 6.47. The van der Waals surface area contributed by atoms with Crippen LogP contribution in [0.4, 0.5) is 0 Å². The predicted octanol–water partition coefficient (Wildman–Crippen LogP) is 18.7. The molecule has 0 N–H and O–H groups in total. The van der Waals surface area contributed by atoms with E-state index < -0.39 is 6.10 Å². The number of esters is 3. The van der Waals surface area contributed by atoms with Crippen LogP contribution in [0.5, 0.6) is 0 Å². The highest BCUT2D eigenvalue weighted by molar-refractivity contribution is 5.71. The van der Waals surface area contributed by atoms with Gasteiger partial charge in [0.25, 0.3) is 0 Å². The highest BCUT2D eigenvalue weighted by Crippen LogP contribution is 2.17. The standard InChI is InChI=1S/C59H106O6/c1-4-7-10-13-16-18-20-21-22-23-24-25-26-27-28-29-30-31-32-33-34-35-36-37-38-39-40-42-43-46-49-52-58(61)64-55-56(54-63-57(60)51-48-45-15-12-9-6-3)65-59(62)53-50-47-44-41-19-17-14-11-8-5-2/h7,10,16,18,21-22,24-25,56H,4-6,8-9,11-15,17,19-20,23,26-55H2,1-3H3/b10-7-,18-16-,22-21-,25-24-. The van der Waals surface area contributed by atoms with Crippen LogP contribution in [0.3, 0.4) is 0 Å². The quantitative estimate of drug-likeness (QED) is 0.0262. The molecule has 0 aromatic rings. The maximum atomic E-state index is 12.7. The van der Waals surface area contributed by atoms with Crippen LogP contribution in [0.15, 0.2) is 48.6 Å². The van der Waals surface area contributed by atoms with Crippen molar-refractivity contribution in [3.8, 4) is 0 Å². The Labute approximate surface area is 403 Å². The van der Waals surface area contributed by atoms with Crippen LogP contribution in [0, 0.1) is 0 Å². The Balaban J connectivity index is 3.91. The molecular formula is C59H106O6. The SMILES string of the molecule is CC/C=C\C/C=C\C/C=C\C/C=C\CCCCCCCCCCCCCCCCCCCCC(=O)OCC(COC(=O)CCCCCCCC)OC(=O)CCCCCCCCCCCC. The number of carbonyl (C=O) groups is 3. The van der Waals surface area contributed by atoms with Gasteiger partial charge in [0, 0.05) is 19.3 Å². The van der Waals surface area contributed by atoms with Crippen molar-refractivity contribution < 1.29 is 28.6 Å². The second-order valence-corrected chi connectivity index (χ2v) is 18.8. The van der Waals surface area contributed by atoms with Gasteiger partial charge in [-0.25, -0.2) is 0 Å². The van der Waals surface area contributed by atoms with Gasteiger partial charge < -0.3 is 14.2 Å². The summed E-state index contributed by atoms with van der Waals surface area (Å²) in [6.07, 6.45) is 65.9. The van der Waals surface area contributed by atoms with Crippen LogP contribution in [-0.2, 0) is 28.6 Å². The largest absolute Gasteiger partial charge is 0.462 e. The Morgan fingerprint density at radius 2 is 0.600 bits per heavy atom. The molecule has 0 aromatic carbocycles. The normalized spacial score (nSPS) is 12.4. The maximum Gasteiger partial charge on any atom is 0.306 e. The van der Waals surface area contributed by atoms with Crippen LogP contribution in [0.2, 0.25) is 0 Å². The van der Waals surface area contributed by atoms with Crippen molar-refractivity contribution in [2.45, 2.75) is 297 Å². The van der Waals surface area contributed by atoms with Crippen LogP contribution >= 0.6 is 0 Å². The van der Waals surface area contributed by atoms with Crippen molar-refractivity contribution in [1.29, 1.82) is 0 Å². The van der Waals surface area contributed by atoms with E-state index in [0.29, 0.717) is 19.3 Å². The van der Waals surface area contributed by atoms with E-state index in [4.69, 9.17) is 14.2 Å². The number of carbonyl (C=O) groups excluding carboxylic acids is 3. The minimum absolute atomic E-state index is 0.0679. The average Bonchev–Trinajstić information content (AvgIpc) is 3.30. The zero-order valence-electron chi connectivity index (χ0n) is 43.3. The molecule has 0 heterocycles. The van der Waals surface area contributed by atoms with Gasteiger partial charge in [-0.15, -0.1) is 0 Å².